The van der Waals surface area contributed by atoms with Crippen molar-refractivity contribution in [2.24, 2.45) is 5.41 Å². The molecule has 0 spiro atoms. The number of rotatable bonds is 7. The van der Waals surface area contributed by atoms with Gasteiger partial charge < -0.3 is 14.5 Å². The lowest BCUT2D eigenvalue weighted by Gasteiger charge is -2.26. The van der Waals surface area contributed by atoms with Crippen molar-refractivity contribution in [1.29, 1.82) is 0 Å². The molecular formula is C20H30N3O4SSi. The minimum absolute atomic E-state index is 0.0816. The van der Waals surface area contributed by atoms with E-state index in [-0.39, 0.29) is 23.5 Å². The molecule has 1 unspecified atom stereocenters. The number of cyclic esters (lactones) is 1. The zero-order valence-electron chi connectivity index (χ0n) is 17.8. The van der Waals surface area contributed by atoms with Crippen LogP contribution in [0.1, 0.15) is 40.0 Å². The molecule has 0 aromatic carbocycles. The molecule has 0 aliphatic carbocycles. The summed E-state index contributed by atoms with van der Waals surface area (Å²) in [5.74, 6) is 1.30. The predicted molar refractivity (Wildman–Crippen MR) is 117 cm³/mol. The normalized spacial score (nSPS) is 20.5. The molecule has 1 saturated heterocycles. The molecule has 0 bridgehead atoms. The Morgan fingerprint density at radius 3 is 2.83 bits per heavy atom. The van der Waals surface area contributed by atoms with E-state index in [2.05, 4.69) is 44.2 Å². The van der Waals surface area contributed by atoms with Crippen molar-refractivity contribution in [3.63, 3.8) is 0 Å². The minimum Gasteiger partial charge on any atom is -0.441 e. The van der Waals surface area contributed by atoms with Crippen molar-refractivity contribution in [3.05, 3.63) is 12.1 Å². The fraction of sp³-hybridized carbons (Fsp3) is 0.650. The van der Waals surface area contributed by atoms with Crippen molar-refractivity contribution in [1.82, 2.24) is 4.98 Å². The van der Waals surface area contributed by atoms with Crippen LogP contribution >= 0.6 is 11.8 Å². The van der Waals surface area contributed by atoms with E-state index in [1.807, 2.05) is 6.07 Å². The van der Waals surface area contributed by atoms with E-state index >= 15 is 0 Å². The lowest BCUT2D eigenvalue weighted by atomic mass is 9.89. The Morgan fingerprint density at radius 2 is 2.14 bits per heavy atom. The first kappa shape index (κ1) is 22.1. The number of hydrogen-bond donors (Lipinski definition) is 1. The number of anilines is 2. The van der Waals surface area contributed by atoms with E-state index in [1.54, 1.807) is 6.07 Å². The van der Waals surface area contributed by atoms with Gasteiger partial charge >= 0.3 is 6.09 Å². The molecule has 0 saturated carbocycles. The van der Waals surface area contributed by atoms with Crippen molar-refractivity contribution < 1.29 is 18.8 Å². The first-order valence-corrected chi connectivity index (χ1v) is 13.4. The number of thioether (sulfide) groups is 1. The van der Waals surface area contributed by atoms with Crippen LogP contribution in [-0.4, -0.2) is 50.5 Å². The second-order valence-corrected chi connectivity index (χ2v) is 12.0. The van der Waals surface area contributed by atoms with Crippen LogP contribution in [0.4, 0.5) is 16.4 Å². The number of hydrogen-bond acceptors (Lipinski definition) is 6. The Morgan fingerprint density at radius 1 is 1.38 bits per heavy atom. The topological polar surface area (TPSA) is 80.8 Å². The van der Waals surface area contributed by atoms with Crippen molar-refractivity contribution in [2.75, 3.05) is 22.5 Å². The van der Waals surface area contributed by atoms with Gasteiger partial charge in [-0.25, -0.2) is 9.78 Å². The third kappa shape index (κ3) is 5.96. The number of nitrogens with one attached hydrogen (secondary N) is 1. The van der Waals surface area contributed by atoms with Gasteiger partial charge in [-0.2, -0.15) is 0 Å². The van der Waals surface area contributed by atoms with Gasteiger partial charge in [-0.3, -0.25) is 9.69 Å². The average molecular weight is 437 g/mol. The zero-order chi connectivity index (χ0) is 21.2. The summed E-state index contributed by atoms with van der Waals surface area (Å²) in [5.41, 5.74) is 0.268. The van der Waals surface area contributed by atoms with E-state index in [0.717, 1.165) is 24.2 Å². The number of carbonyl (C=O) groups is 2. The van der Waals surface area contributed by atoms with Crippen LogP contribution in [-0.2, 0) is 14.0 Å². The van der Waals surface area contributed by atoms with Crippen LogP contribution < -0.4 is 10.2 Å². The average Bonchev–Trinajstić information content (AvgIpc) is 3.00. The predicted octanol–water partition coefficient (Wildman–Crippen LogP) is 4.30. The summed E-state index contributed by atoms with van der Waals surface area (Å²) in [6.45, 7) is 11.3. The summed E-state index contributed by atoms with van der Waals surface area (Å²) in [6.07, 6.45) is 2.15. The fourth-order valence-electron chi connectivity index (χ4n) is 3.43. The van der Waals surface area contributed by atoms with Crippen LogP contribution in [0.2, 0.25) is 13.1 Å². The van der Waals surface area contributed by atoms with Gasteiger partial charge in [0.2, 0.25) is 14.9 Å². The second-order valence-electron chi connectivity index (χ2n) is 8.90. The Hall–Kier alpha value is -1.58. The Labute approximate surface area is 178 Å². The summed E-state index contributed by atoms with van der Waals surface area (Å²) in [7, 11) is -0.927. The largest absolute Gasteiger partial charge is 0.441 e. The molecule has 1 fully saturated rings. The molecular weight excluding hydrogens is 406 g/mol. The van der Waals surface area contributed by atoms with Gasteiger partial charge in [0, 0.05) is 0 Å². The molecule has 3 rings (SSSR count). The molecule has 7 nitrogen and oxygen atoms in total. The number of fused-ring (bicyclic) bond motifs is 1. The number of amides is 2. The molecule has 2 aliphatic rings. The molecule has 2 aliphatic heterocycles. The first-order valence-electron chi connectivity index (χ1n) is 10.0. The maximum atomic E-state index is 12.6. The summed E-state index contributed by atoms with van der Waals surface area (Å²) in [6, 6.07) is 3.69. The Bertz CT molecular complexity index is 769. The van der Waals surface area contributed by atoms with Crippen LogP contribution in [0.5, 0.6) is 0 Å². The maximum Gasteiger partial charge on any atom is 0.416 e. The number of ether oxygens (including phenoxy) is 1. The quantitative estimate of drug-likeness (QED) is 0.642. The van der Waals surface area contributed by atoms with Crippen molar-refractivity contribution in [3.8, 4) is 0 Å². The van der Waals surface area contributed by atoms with E-state index in [9.17, 15) is 9.59 Å². The SMILES string of the molecule is C[Si](C)OC(CCCC(C)(C)C)[C@H]1CN(c2ccc3c(n2)NC(=O)CS3)C(=O)O1. The highest BCUT2D eigenvalue weighted by molar-refractivity contribution is 8.00. The highest BCUT2D eigenvalue weighted by atomic mass is 32.2. The highest BCUT2D eigenvalue weighted by Gasteiger charge is 2.39. The number of pyridine rings is 1. The number of aromatic nitrogens is 1. The molecule has 1 radical (unpaired) electrons. The number of nitrogens with zero attached hydrogens (tertiary/aromatic N) is 2. The summed E-state index contributed by atoms with van der Waals surface area (Å²) in [4.78, 5) is 31.1. The van der Waals surface area contributed by atoms with Crippen LogP contribution in [0.15, 0.2) is 17.0 Å². The fourth-order valence-corrected chi connectivity index (χ4v) is 5.06. The third-order valence-electron chi connectivity index (χ3n) is 4.79. The van der Waals surface area contributed by atoms with Gasteiger partial charge in [-0.05, 0) is 43.5 Å². The summed E-state index contributed by atoms with van der Waals surface area (Å²) in [5, 5.41) is 2.77. The molecule has 2 amide bonds. The molecule has 1 aromatic rings. The molecule has 2 atom stereocenters. The first-order chi connectivity index (χ1) is 13.6. The van der Waals surface area contributed by atoms with Gasteiger partial charge in [0.15, 0.2) is 0 Å². The molecule has 9 heteroatoms. The Balaban J connectivity index is 1.70. The van der Waals surface area contributed by atoms with Gasteiger partial charge in [0.1, 0.15) is 17.7 Å². The minimum atomic E-state index is -0.927. The monoisotopic (exact) mass is 436 g/mol. The molecule has 159 valence electrons. The van der Waals surface area contributed by atoms with Crippen molar-refractivity contribution >= 4 is 44.4 Å². The molecule has 1 aromatic heterocycles. The van der Waals surface area contributed by atoms with Gasteiger partial charge in [-0.1, -0.05) is 27.2 Å². The van der Waals surface area contributed by atoms with Crippen LogP contribution in [0.25, 0.3) is 0 Å². The summed E-state index contributed by atoms with van der Waals surface area (Å²) < 4.78 is 11.9. The zero-order valence-corrected chi connectivity index (χ0v) is 19.6. The van der Waals surface area contributed by atoms with Gasteiger partial charge in [-0.15, -0.1) is 11.8 Å². The van der Waals surface area contributed by atoms with Gasteiger partial charge in [0.25, 0.3) is 0 Å². The van der Waals surface area contributed by atoms with E-state index in [4.69, 9.17) is 9.16 Å². The molecule has 1 N–H and O–H groups in total. The highest BCUT2D eigenvalue weighted by Crippen LogP contribution is 2.33. The van der Waals surface area contributed by atoms with E-state index < -0.39 is 15.1 Å². The van der Waals surface area contributed by atoms with E-state index in [0.29, 0.717) is 23.9 Å². The third-order valence-corrected chi connectivity index (χ3v) is 6.61. The lowest BCUT2D eigenvalue weighted by molar-refractivity contribution is -0.113. The van der Waals surface area contributed by atoms with E-state index in [1.165, 1.54) is 16.7 Å². The van der Waals surface area contributed by atoms with Crippen molar-refractivity contribution in [2.45, 2.75) is 70.2 Å². The number of carbonyl (C=O) groups excluding carboxylic acids is 2. The Kier molecular flexibility index (Phi) is 6.90. The standard InChI is InChI=1S/C20H30N3O4SSi/c1-20(2,3)10-6-7-13(27-29(4)5)14-11-23(19(25)26-14)16-9-8-15-18(21-16)22-17(24)12-28-15/h8-9,13-14H,6-7,10-12H2,1-5H3,(H,21,22,24)/t13?,14-/m1/s1. The molecule has 29 heavy (non-hydrogen) atoms. The molecule has 3 heterocycles. The van der Waals surface area contributed by atoms with Crippen LogP contribution in [0.3, 0.4) is 0 Å². The maximum absolute atomic E-state index is 12.6. The lowest BCUT2D eigenvalue weighted by Crippen LogP contribution is -2.36. The van der Waals surface area contributed by atoms with Crippen LogP contribution in [0, 0.1) is 5.41 Å². The van der Waals surface area contributed by atoms with Gasteiger partial charge in [0.05, 0.1) is 23.3 Å². The second kappa shape index (κ2) is 9.05. The smallest absolute Gasteiger partial charge is 0.416 e. The summed E-state index contributed by atoms with van der Waals surface area (Å²) >= 11 is 1.45.